The summed E-state index contributed by atoms with van der Waals surface area (Å²) in [6, 6.07) is -6.43. The van der Waals surface area contributed by atoms with E-state index in [2.05, 4.69) is 31.9 Å². The Morgan fingerprint density at radius 3 is 1.30 bits per heavy atom. The van der Waals surface area contributed by atoms with Crippen LogP contribution in [-0.2, 0) is 33.5 Å². The summed E-state index contributed by atoms with van der Waals surface area (Å²) in [5.41, 5.74) is -0.772. The Balaban J connectivity index is 6.09. The molecule has 0 aromatic heterocycles. The van der Waals surface area contributed by atoms with Gasteiger partial charge in [-0.2, -0.15) is 0 Å². The zero-order chi connectivity index (χ0) is 39.1. The largest absolute Gasteiger partial charge is 0.480 e. The Bertz CT molecular complexity index is 1170. The minimum Gasteiger partial charge on any atom is -0.480 e. The van der Waals surface area contributed by atoms with Gasteiger partial charge in [0.2, 0.25) is 29.5 Å². The molecule has 0 saturated carbocycles. The summed E-state index contributed by atoms with van der Waals surface area (Å²) in [7, 11) is 0. The number of nitrogens with one attached hydrogen (secondary N) is 6. The van der Waals surface area contributed by atoms with Gasteiger partial charge in [0.25, 0.3) is 0 Å². The quantitative estimate of drug-likeness (QED) is 0.0985. The molecule has 7 N–H and O–H groups in total. The lowest BCUT2D eigenvalue weighted by Gasteiger charge is -2.30. The molecule has 0 heterocycles. The van der Waals surface area contributed by atoms with Crippen molar-refractivity contribution in [3.05, 3.63) is 0 Å². The van der Waals surface area contributed by atoms with Gasteiger partial charge < -0.3 is 41.7 Å². The molecule has 0 saturated heterocycles. The fraction of sp³-hybridized carbons (Fsp3) is 0.800. The highest BCUT2D eigenvalue weighted by atomic mass is 16.6. The maximum absolute atomic E-state index is 13.8. The van der Waals surface area contributed by atoms with Gasteiger partial charge in [0.05, 0.1) is 0 Å². The van der Waals surface area contributed by atoms with Crippen LogP contribution in [0, 0.1) is 23.7 Å². The number of carbonyl (C=O) groups excluding carboxylic acids is 6. The fourth-order valence-corrected chi connectivity index (χ4v) is 4.82. The summed E-state index contributed by atoms with van der Waals surface area (Å²) in [6.45, 7) is 22.7. The highest BCUT2D eigenvalue weighted by Crippen LogP contribution is 2.14. The third-order valence-electron chi connectivity index (χ3n) is 7.67. The minimum atomic E-state index is -1.22. The molecule has 7 unspecified atom stereocenters. The van der Waals surface area contributed by atoms with E-state index in [1.165, 1.54) is 13.8 Å². The van der Waals surface area contributed by atoms with E-state index in [9.17, 15) is 38.7 Å². The van der Waals surface area contributed by atoms with Gasteiger partial charge in [0, 0.05) is 0 Å². The van der Waals surface area contributed by atoms with Crippen LogP contribution in [0.25, 0.3) is 0 Å². The second-order valence-electron chi connectivity index (χ2n) is 15.4. The van der Waals surface area contributed by atoms with Crippen LogP contribution in [-0.4, -0.2) is 88.6 Å². The van der Waals surface area contributed by atoms with E-state index in [4.69, 9.17) is 4.74 Å². The molecule has 0 aliphatic heterocycles. The van der Waals surface area contributed by atoms with Crippen LogP contribution in [0.3, 0.4) is 0 Å². The van der Waals surface area contributed by atoms with E-state index >= 15 is 0 Å². The number of ether oxygens (including phenoxy) is 1. The van der Waals surface area contributed by atoms with Crippen molar-refractivity contribution in [3.63, 3.8) is 0 Å². The fourth-order valence-electron chi connectivity index (χ4n) is 4.82. The van der Waals surface area contributed by atoms with E-state index in [0.29, 0.717) is 6.42 Å². The number of alkyl carbamates (subject to hydrolysis) is 1. The monoisotopic (exact) mass is 712 g/mol. The van der Waals surface area contributed by atoms with Gasteiger partial charge in [-0.25, -0.2) is 4.79 Å². The summed E-state index contributed by atoms with van der Waals surface area (Å²) >= 11 is 0. The molecule has 7 atom stereocenters. The normalized spacial score (nSPS) is 15.8. The van der Waals surface area contributed by atoms with E-state index in [1.807, 2.05) is 48.5 Å². The number of hydrogen-bond donors (Lipinski definition) is 7. The number of carboxylic acids is 1. The summed E-state index contributed by atoms with van der Waals surface area (Å²) in [5, 5.41) is 25.0. The van der Waals surface area contributed by atoms with Crippen LogP contribution >= 0.6 is 0 Å². The SMILES string of the molecule is CCC(C)C(NC(=O)C(CC(C)C)NC(=O)C(C)NC(=O)OC(C)(C)C)C(=O)NC(CC(C)C)C(=O)NC(CC(C)C)C(=O)NC(C)C(=O)O. The third-order valence-corrected chi connectivity index (χ3v) is 7.67. The maximum Gasteiger partial charge on any atom is 0.408 e. The molecular formula is C35H64N6O9. The summed E-state index contributed by atoms with van der Waals surface area (Å²) in [4.78, 5) is 90.5. The van der Waals surface area contributed by atoms with Crippen molar-refractivity contribution in [1.29, 1.82) is 0 Å². The van der Waals surface area contributed by atoms with Gasteiger partial charge >= 0.3 is 12.1 Å². The van der Waals surface area contributed by atoms with Gasteiger partial charge in [-0.05, 0) is 77.6 Å². The lowest BCUT2D eigenvalue weighted by molar-refractivity contribution is -0.142. The van der Waals surface area contributed by atoms with E-state index in [0.717, 1.165) is 0 Å². The van der Waals surface area contributed by atoms with Crippen molar-refractivity contribution in [2.75, 3.05) is 0 Å². The second-order valence-corrected chi connectivity index (χ2v) is 15.4. The molecule has 0 fully saturated rings. The Kier molecular flexibility index (Phi) is 19.7. The number of aliphatic carboxylic acids is 1. The molecule has 288 valence electrons. The molecule has 0 aliphatic rings. The van der Waals surface area contributed by atoms with E-state index < -0.39 is 83.5 Å². The summed E-state index contributed by atoms with van der Waals surface area (Å²) in [5.74, 6) is -4.82. The number of carboxylic acid groups (broad SMARTS) is 1. The van der Waals surface area contributed by atoms with Crippen LogP contribution in [0.1, 0.15) is 116 Å². The van der Waals surface area contributed by atoms with Crippen LogP contribution in [0.5, 0.6) is 0 Å². The number of amides is 6. The molecule has 0 radical (unpaired) electrons. The van der Waals surface area contributed by atoms with Crippen LogP contribution in [0.4, 0.5) is 4.79 Å². The first-order valence-corrected chi connectivity index (χ1v) is 17.6. The molecule has 15 nitrogen and oxygen atoms in total. The number of rotatable bonds is 20. The summed E-state index contributed by atoms with van der Waals surface area (Å²) in [6.07, 6.45) is 0.394. The predicted molar refractivity (Wildman–Crippen MR) is 190 cm³/mol. The first kappa shape index (κ1) is 46.1. The Labute approximate surface area is 297 Å². The zero-order valence-corrected chi connectivity index (χ0v) is 32.3. The smallest absolute Gasteiger partial charge is 0.408 e. The second kappa shape index (κ2) is 21.3. The standard InChI is InChI=1S/C35H64N6O9/c1-14-21(8)27(41-31(45)26(17-20(6)7)38-28(42)22(9)37-34(49)50-35(11,12)13)32(46)40-25(16-19(4)5)30(44)39-24(15-18(2)3)29(43)36-23(10)33(47)48/h18-27H,14-17H2,1-13H3,(H,36,43)(H,37,49)(H,38,42)(H,39,44)(H,40,46)(H,41,45)(H,47,48). The predicted octanol–water partition coefficient (Wildman–Crippen LogP) is 2.61. The Morgan fingerprint density at radius 1 is 0.540 bits per heavy atom. The van der Waals surface area contributed by atoms with Crippen LogP contribution in [0.15, 0.2) is 0 Å². The molecule has 15 heteroatoms. The van der Waals surface area contributed by atoms with E-state index in [-0.39, 0.29) is 42.9 Å². The molecule has 0 bridgehead atoms. The van der Waals surface area contributed by atoms with Crippen molar-refractivity contribution in [2.24, 2.45) is 23.7 Å². The first-order valence-electron chi connectivity index (χ1n) is 17.6. The third kappa shape index (κ3) is 18.2. The lowest BCUT2D eigenvalue weighted by atomic mass is 9.95. The molecule has 0 aromatic carbocycles. The average Bonchev–Trinajstić information content (AvgIpc) is 2.96. The Morgan fingerprint density at radius 2 is 0.920 bits per heavy atom. The molecular weight excluding hydrogens is 648 g/mol. The molecule has 50 heavy (non-hydrogen) atoms. The van der Waals surface area contributed by atoms with Crippen LogP contribution in [0.2, 0.25) is 0 Å². The van der Waals surface area contributed by atoms with Crippen molar-refractivity contribution in [2.45, 2.75) is 158 Å². The van der Waals surface area contributed by atoms with Crippen molar-refractivity contribution in [3.8, 4) is 0 Å². The molecule has 6 amide bonds. The van der Waals surface area contributed by atoms with Gasteiger partial charge in [-0.1, -0.05) is 61.8 Å². The van der Waals surface area contributed by atoms with Crippen molar-refractivity contribution >= 4 is 41.6 Å². The molecule has 0 rings (SSSR count). The minimum absolute atomic E-state index is 0.0234. The first-order chi connectivity index (χ1) is 22.9. The number of hydrogen-bond acceptors (Lipinski definition) is 8. The van der Waals surface area contributed by atoms with E-state index in [1.54, 1.807) is 27.7 Å². The highest BCUT2D eigenvalue weighted by molar-refractivity contribution is 5.96. The highest BCUT2D eigenvalue weighted by Gasteiger charge is 2.35. The van der Waals surface area contributed by atoms with Gasteiger partial charge in [0.15, 0.2) is 0 Å². The van der Waals surface area contributed by atoms with Crippen molar-refractivity contribution in [1.82, 2.24) is 31.9 Å². The summed E-state index contributed by atoms with van der Waals surface area (Å²) < 4.78 is 5.22. The number of carbonyl (C=O) groups is 7. The molecule has 0 aromatic rings. The van der Waals surface area contributed by atoms with Gasteiger partial charge in [0.1, 0.15) is 41.9 Å². The van der Waals surface area contributed by atoms with Gasteiger partial charge in [-0.15, -0.1) is 0 Å². The topological polar surface area (TPSA) is 221 Å². The maximum atomic E-state index is 13.8. The van der Waals surface area contributed by atoms with Crippen LogP contribution < -0.4 is 31.9 Å². The Hall–Kier alpha value is -3.91. The average molecular weight is 713 g/mol. The molecule has 0 aliphatic carbocycles. The van der Waals surface area contributed by atoms with Crippen molar-refractivity contribution < 1.29 is 43.4 Å². The molecule has 0 spiro atoms. The van der Waals surface area contributed by atoms with Gasteiger partial charge in [-0.3, -0.25) is 28.8 Å². The lowest BCUT2D eigenvalue weighted by Crippen LogP contribution is -2.60. The zero-order valence-electron chi connectivity index (χ0n) is 32.3.